The van der Waals surface area contributed by atoms with E-state index < -0.39 is 5.91 Å². The Morgan fingerprint density at radius 1 is 1.33 bits per heavy atom. The van der Waals surface area contributed by atoms with Crippen LogP contribution >= 0.6 is 11.6 Å². The highest BCUT2D eigenvalue weighted by atomic mass is 35.5. The fourth-order valence-corrected chi connectivity index (χ4v) is 2.01. The van der Waals surface area contributed by atoms with Crippen LogP contribution in [-0.2, 0) is 17.9 Å². The van der Waals surface area contributed by atoms with Crippen molar-refractivity contribution in [3.8, 4) is 5.75 Å². The number of benzene rings is 1. The minimum Gasteiger partial charge on any atom is -0.483 e. The fourth-order valence-electron chi connectivity index (χ4n) is 1.82. The summed E-state index contributed by atoms with van der Waals surface area (Å²) in [5.74, 6) is 0.0797. The van der Waals surface area contributed by atoms with Gasteiger partial charge in [0.2, 0.25) is 0 Å². The number of rotatable bonds is 7. The van der Waals surface area contributed by atoms with E-state index in [1.54, 1.807) is 30.6 Å². The standard InChI is InChI=1S/C15H16ClN3O2/c16-13-3-4-14(21-10-15(17)20)12(6-13)9-19-8-11-2-1-5-18-7-11/h1-7,19H,8-10H2,(H2,17,20). The van der Waals surface area contributed by atoms with Crippen LogP contribution in [0.4, 0.5) is 0 Å². The molecule has 0 spiro atoms. The molecule has 0 saturated carbocycles. The van der Waals surface area contributed by atoms with Gasteiger partial charge in [0, 0.05) is 36.1 Å². The van der Waals surface area contributed by atoms with Gasteiger partial charge in [-0.3, -0.25) is 9.78 Å². The van der Waals surface area contributed by atoms with Crippen molar-refractivity contribution in [2.45, 2.75) is 13.1 Å². The molecule has 0 saturated heterocycles. The summed E-state index contributed by atoms with van der Waals surface area (Å²) < 4.78 is 5.37. The summed E-state index contributed by atoms with van der Waals surface area (Å²) in [7, 11) is 0. The molecule has 0 aliphatic heterocycles. The van der Waals surface area contributed by atoms with Gasteiger partial charge >= 0.3 is 0 Å². The summed E-state index contributed by atoms with van der Waals surface area (Å²) in [5.41, 5.74) is 7.03. The Hall–Kier alpha value is -2.11. The van der Waals surface area contributed by atoms with Gasteiger partial charge in [0.25, 0.3) is 5.91 Å². The number of ether oxygens (including phenoxy) is 1. The molecule has 0 aliphatic rings. The smallest absolute Gasteiger partial charge is 0.255 e. The van der Waals surface area contributed by atoms with Crippen LogP contribution in [0.25, 0.3) is 0 Å². The lowest BCUT2D eigenvalue weighted by Crippen LogP contribution is -2.21. The second kappa shape index (κ2) is 7.61. The van der Waals surface area contributed by atoms with Crippen molar-refractivity contribution in [1.82, 2.24) is 10.3 Å². The number of nitrogens with two attached hydrogens (primary N) is 1. The topological polar surface area (TPSA) is 77.2 Å². The van der Waals surface area contributed by atoms with Gasteiger partial charge < -0.3 is 15.8 Å². The summed E-state index contributed by atoms with van der Waals surface area (Å²) in [6, 6.07) is 9.11. The first kappa shape index (κ1) is 15.3. The van der Waals surface area contributed by atoms with E-state index in [-0.39, 0.29) is 6.61 Å². The number of pyridine rings is 1. The Morgan fingerprint density at radius 3 is 2.90 bits per heavy atom. The van der Waals surface area contributed by atoms with Crippen molar-refractivity contribution < 1.29 is 9.53 Å². The number of halogens is 1. The molecule has 5 nitrogen and oxygen atoms in total. The van der Waals surface area contributed by atoms with Crippen LogP contribution in [0, 0.1) is 0 Å². The molecule has 1 heterocycles. The van der Waals surface area contributed by atoms with Crippen molar-refractivity contribution in [3.63, 3.8) is 0 Å². The molecular formula is C15H16ClN3O2. The molecule has 21 heavy (non-hydrogen) atoms. The van der Waals surface area contributed by atoms with Crippen LogP contribution in [0.5, 0.6) is 5.75 Å². The minimum absolute atomic E-state index is 0.156. The van der Waals surface area contributed by atoms with Crippen molar-refractivity contribution in [2.24, 2.45) is 5.73 Å². The zero-order valence-corrected chi connectivity index (χ0v) is 12.1. The summed E-state index contributed by atoms with van der Waals surface area (Å²) in [5, 5.41) is 3.89. The zero-order valence-electron chi connectivity index (χ0n) is 11.4. The maximum Gasteiger partial charge on any atom is 0.255 e. The molecule has 0 unspecified atom stereocenters. The highest BCUT2D eigenvalue weighted by molar-refractivity contribution is 6.30. The fraction of sp³-hybridized carbons (Fsp3) is 0.200. The lowest BCUT2D eigenvalue weighted by Gasteiger charge is -2.12. The van der Waals surface area contributed by atoms with Crippen molar-refractivity contribution in [2.75, 3.05) is 6.61 Å². The van der Waals surface area contributed by atoms with Gasteiger partial charge in [-0.05, 0) is 29.8 Å². The predicted molar refractivity (Wildman–Crippen MR) is 80.9 cm³/mol. The molecule has 3 N–H and O–H groups in total. The molecule has 1 aromatic carbocycles. The average molecular weight is 306 g/mol. The molecule has 0 atom stereocenters. The maximum atomic E-state index is 10.8. The Labute approximate surface area is 128 Å². The number of hydrogen-bond donors (Lipinski definition) is 2. The lowest BCUT2D eigenvalue weighted by atomic mass is 10.2. The molecule has 0 fully saturated rings. The van der Waals surface area contributed by atoms with E-state index in [0.29, 0.717) is 23.9 Å². The molecule has 1 amide bonds. The highest BCUT2D eigenvalue weighted by Crippen LogP contribution is 2.23. The molecular weight excluding hydrogens is 290 g/mol. The number of nitrogens with zero attached hydrogens (tertiary/aromatic N) is 1. The van der Waals surface area contributed by atoms with E-state index in [0.717, 1.165) is 11.1 Å². The van der Waals surface area contributed by atoms with Crippen molar-refractivity contribution >= 4 is 17.5 Å². The lowest BCUT2D eigenvalue weighted by molar-refractivity contribution is -0.119. The largest absolute Gasteiger partial charge is 0.483 e. The summed E-state index contributed by atoms with van der Waals surface area (Å²) in [4.78, 5) is 14.9. The Balaban J connectivity index is 1.97. The van der Waals surface area contributed by atoms with Gasteiger partial charge in [0.15, 0.2) is 6.61 Å². The number of carbonyl (C=O) groups excluding carboxylic acids is 1. The molecule has 1 aromatic heterocycles. The van der Waals surface area contributed by atoms with Crippen LogP contribution in [-0.4, -0.2) is 17.5 Å². The van der Waals surface area contributed by atoms with E-state index in [1.807, 2.05) is 12.1 Å². The summed E-state index contributed by atoms with van der Waals surface area (Å²) >= 11 is 5.99. The highest BCUT2D eigenvalue weighted by Gasteiger charge is 2.06. The third kappa shape index (κ3) is 5.06. The third-order valence-electron chi connectivity index (χ3n) is 2.76. The number of nitrogens with one attached hydrogen (secondary N) is 1. The molecule has 0 bridgehead atoms. The SMILES string of the molecule is NC(=O)COc1ccc(Cl)cc1CNCc1cccnc1. The molecule has 0 radical (unpaired) electrons. The van der Waals surface area contributed by atoms with E-state index in [4.69, 9.17) is 22.1 Å². The normalized spacial score (nSPS) is 10.3. The molecule has 6 heteroatoms. The first-order valence-corrected chi connectivity index (χ1v) is 6.82. The predicted octanol–water partition coefficient (Wildman–Crippen LogP) is 1.89. The molecule has 2 rings (SSSR count). The Morgan fingerprint density at radius 2 is 2.19 bits per heavy atom. The number of amides is 1. The number of hydrogen-bond acceptors (Lipinski definition) is 4. The van der Waals surface area contributed by atoms with Crippen LogP contribution in [0.2, 0.25) is 5.02 Å². The van der Waals surface area contributed by atoms with E-state index in [9.17, 15) is 4.79 Å². The van der Waals surface area contributed by atoms with Crippen molar-refractivity contribution in [3.05, 3.63) is 58.9 Å². The van der Waals surface area contributed by atoms with Gasteiger partial charge in [-0.1, -0.05) is 17.7 Å². The second-order valence-corrected chi connectivity index (χ2v) is 4.91. The van der Waals surface area contributed by atoms with Gasteiger partial charge in [-0.25, -0.2) is 0 Å². The van der Waals surface area contributed by atoms with Gasteiger partial charge in [0.1, 0.15) is 5.75 Å². The molecule has 110 valence electrons. The third-order valence-corrected chi connectivity index (χ3v) is 2.99. The van der Waals surface area contributed by atoms with E-state index >= 15 is 0 Å². The van der Waals surface area contributed by atoms with Crippen LogP contribution in [0.3, 0.4) is 0 Å². The van der Waals surface area contributed by atoms with Gasteiger partial charge in [0.05, 0.1) is 0 Å². The Kier molecular flexibility index (Phi) is 5.54. The molecule has 0 aliphatic carbocycles. The number of aromatic nitrogens is 1. The second-order valence-electron chi connectivity index (χ2n) is 4.47. The minimum atomic E-state index is -0.515. The van der Waals surface area contributed by atoms with Crippen LogP contribution < -0.4 is 15.8 Å². The monoisotopic (exact) mass is 305 g/mol. The number of primary amides is 1. The number of carbonyl (C=O) groups is 1. The van der Waals surface area contributed by atoms with E-state index in [1.165, 1.54) is 0 Å². The summed E-state index contributed by atoms with van der Waals surface area (Å²) in [6.07, 6.45) is 3.53. The van der Waals surface area contributed by atoms with Crippen molar-refractivity contribution in [1.29, 1.82) is 0 Å². The Bertz CT molecular complexity index is 605. The first-order chi connectivity index (χ1) is 10.1. The first-order valence-electron chi connectivity index (χ1n) is 6.44. The average Bonchev–Trinajstić information content (AvgIpc) is 2.47. The van der Waals surface area contributed by atoms with Crippen LogP contribution in [0.1, 0.15) is 11.1 Å². The quantitative estimate of drug-likeness (QED) is 0.819. The van der Waals surface area contributed by atoms with E-state index in [2.05, 4.69) is 10.3 Å². The maximum absolute atomic E-state index is 10.8. The van der Waals surface area contributed by atoms with Gasteiger partial charge in [-0.15, -0.1) is 0 Å². The molecule has 2 aromatic rings. The zero-order chi connectivity index (χ0) is 15.1. The van der Waals surface area contributed by atoms with Gasteiger partial charge in [-0.2, -0.15) is 0 Å². The summed E-state index contributed by atoms with van der Waals surface area (Å²) in [6.45, 7) is 1.08. The van der Waals surface area contributed by atoms with Crippen LogP contribution in [0.15, 0.2) is 42.7 Å².